The predicted molar refractivity (Wildman–Crippen MR) is 58.0 cm³/mol. The van der Waals surface area contributed by atoms with Crippen LogP contribution in [0.5, 0.6) is 0 Å². The number of hydrogen-bond acceptors (Lipinski definition) is 1. The Balaban J connectivity index is 2.76. The van der Waals surface area contributed by atoms with Crippen molar-refractivity contribution in [1.82, 2.24) is 0 Å². The van der Waals surface area contributed by atoms with E-state index in [0.29, 0.717) is 5.56 Å². The van der Waals surface area contributed by atoms with Gasteiger partial charge in [0.2, 0.25) is 0 Å². The van der Waals surface area contributed by atoms with Gasteiger partial charge in [-0.05, 0) is 41.3 Å². The van der Waals surface area contributed by atoms with Gasteiger partial charge in [-0.1, -0.05) is 30.3 Å². The lowest BCUT2D eigenvalue weighted by molar-refractivity contribution is 0.108. The molecule has 70 valence electrons. The lowest BCUT2D eigenvalue weighted by Gasteiger charge is -1.95. The van der Waals surface area contributed by atoms with Gasteiger partial charge in [-0.25, -0.2) is 0 Å². The fraction of sp³-hybridized carbons (Fsp3) is 0.0833. The number of aryl methyl sites for hydroxylation is 1. The molecule has 0 spiro atoms. The van der Waals surface area contributed by atoms with Crippen molar-refractivity contribution in [3.8, 4) is 11.1 Å². The molecule has 1 nitrogen and oxygen atoms in total. The highest BCUT2D eigenvalue weighted by molar-refractivity contribution is 6.68. The van der Waals surface area contributed by atoms with Crippen LogP contribution in [0.1, 0.15) is 15.9 Å². The first-order valence-corrected chi connectivity index (χ1v) is 4.76. The summed E-state index contributed by atoms with van der Waals surface area (Å²) in [5, 5.41) is -0.394. The molecule has 14 heavy (non-hydrogen) atoms. The van der Waals surface area contributed by atoms with E-state index in [4.69, 9.17) is 11.6 Å². The molecule has 0 unspecified atom stereocenters. The molecule has 0 aromatic carbocycles. The molecule has 0 heterocycles. The third-order valence-electron chi connectivity index (χ3n) is 2.33. The Morgan fingerprint density at radius 2 is 1.79 bits per heavy atom. The Kier molecular flexibility index (Phi) is 2.26. The Hall–Kier alpha value is -1.34. The first-order chi connectivity index (χ1) is 6.70. The van der Waals surface area contributed by atoms with Crippen molar-refractivity contribution in [3.63, 3.8) is 0 Å². The molecule has 0 radical (unpaired) electrons. The van der Waals surface area contributed by atoms with Gasteiger partial charge in [0, 0.05) is 5.56 Å². The van der Waals surface area contributed by atoms with Gasteiger partial charge in [0.05, 0.1) is 0 Å². The maximum absolute atomic E-state index is 11.1. The largest absolute Gasteiger partial charge is 0.276 e. The molecular weight excluding hydrogens is 196 g/mol. The van der Waals surface area contributed by atoms with Crippen molar-refractivity contribution in [3.05, 3.63) is 47.5 Å². The second-order valence-corrected chi connectivity index (χ2v) is 3.60. The maximum atomic E-state index is 11.1. The first kappa shape index (κ1) is 9.22. The minimum absolute atomic E-state index is 0.394. The SMILES string of the molecule is Cc1cc(C(=O)Cl)c2cccccc1-2. The van der Waals surface area contributed by atoms with Crippen LogP contribution in [0.3, 0.4) is 0 Å². The minimum Gasteiger partial charge on any atom is -0.276 e. The average molecular weight is 205 g/mol. The Morgan fingerprint density at radius 3 is 2.43 bits per heavy atom. The minimum atomic E-state index is -0.394. The molecule has 0 saturated carbocycles. The highest BCUT2D eigenvalue weighted by atomic mass is 35.5. The van der Waals surface area contributed by atoms with E-state index in [1.165, 1.54) is 0 Å². The molecule has 0 saturated heterocycles. The third kappa shape index (κ3) is 1.40. The van der Waals surface area contributed by atoms with Crippen molar-refractivity contribution < 1.29 is 4.79 Å². The average Bonchev–Trinajstić information content (AvgIpc) is 2.38. The Morgan fingerprint density at radius 1 is 1.14 bits per heavy atom. The van der Waals surface area contributed by atoms with Gasteiger partial charge in [0.15, 0.2) is 0 Å². The van der Waals surface area contributed by atoms with Crippen molar-refractivity contribution in [1.29, 1.82) is 0 Å². The molecular formula is C12H9ClO. The first-order valence-electron chi connectivity index (χ1n) is 4.38. The fourth-order valence-electron chi connectivity index (χ4n) is 1.66. The molecule has 0 N–H and O–H groups in total. The van der Waals surface area contributed by atoms with E-state index >= 15 is 0 Å². The molecule has 2 rings (SSSR count). The lowest BCUT2D eigenvalue weighted by Crippen LogP contribution is -1.85. The molecule has 0 aromatic heterocycles. The van der Waals surface area contributed by atoms with Gasteiger partial charge in [0.1, 0.15) is 0 Å². The van der Waals surface area contributed by atoms with Gasteiger partial charge >= 0.3 is 0 Å². The Labute approximate surface area is 87.7 Å². The third-order valence-corrected chi connectivity index (χ3v) is 2.53. The van der Waals surface area contributed by atoms with Crippen LogP contribution in [0.4, 0.5) is 0 Å². The van der Waals surface area contributed by atoms with Crippen LogP contribution in [0.2, 0.25) is 0 Å². The van der Waals surface area contributed by atoms with E-state index in [9.17, 15) is 4.79 Å². The zero-order valence-corrected chi connectivity index (χ0v) is 8.51. The summed E-state index contributed by atoms with van der Waals surface area (Å²) in [6, 6.07) is 11.5. The van der Waals surface area contributed by atoms with E-state index in [0.717, 1.165) is 16.7 Å². The predicted octanol–water partition coefficient (Wildman–Crippen LogP) is 3.48. The van der Waals surface area contributed by atoms with E-state index in [1.54, 1.807) is 0 Å². The van der Waals surface area contributed by atoms with Crippen LogP contribution in [0.15, 0.2) is 36.4 Å². The Bertz CT molecular complexity index is 462. The van der Waals surface area contributed by atoms with E-state index in [2.05, 4.69) is 0 Å². The summed E-state index contributed by atoms with van der Waals surface area (Å²) in [5.41, 5.74) is 3.68. The second kappa shape index (κ2) is 3.43. The number of rotatable bonds is 1. The number of fused-ring (bicyclic) bond motifs is 1. The van der Waals surface area contributed by atoms with Gasteiger partial charge < -0.3 is 0 Å². The number of carbonyl (C=O) groups is 1. The van der Waals surface area contributed by atoms with Crippen LogP contribution in [-0.4, -0.2) is 5.24 Å². The summed E-state index contributed by atoms with van der Waals surface area (Å²) < 4.78 is 0. The molecule has 0 bridgehead atoms. The maximum Gasteiger partial charge on any atom is 0.253 e. The smallest absolute Gasteiger partial charge is 0.253 e. The normalized spacial score (nSPS) is 10.4. The standard InChI is InChI=1S/C12H9ClO/c1-8-7-11(12(13)14)10-6-4-2-3-5-9(8)10/h2-7H,1H3. The lowest BCUT2D eigenvalue weighted by atomic mass is 10.1. The van der Waals surface area contributed by atoms with Crippen LogP contribution >= 0.6 is 11.6 Å². The highest BCUT2D eigenvalue weighted by Crippen LogP contribution is 2.31. The van der Waals surface area contributed by atoms with Crippen LogP contribution in [0.25, 0.3) is 11.1 Å². The van der Waals surface area contributed by atoms with E-state index in [1.807, 2.05) is 43.3 Å². The summed E-state index contributed by atoms with van der Waals surface area (Å²) in [6.07, 6.45) is 0. The summed E-state index contributed by atoms with van der Waals surface area (Å²) in [4.78, 5) is 11.1. The molecule has 0 amide bonds. The summed E-state index contributed by atoms with van der Waals surface area (Å²) >= 11 is 5.50. The van der Waals surface area contributed by atoms with Crippen molar-refractivity contribution in [2.75, 3.05) is 0 Å². The van der Waals surface area contributed by atoms with Gasteiger partial charge in [-0.15, -0.1) is 0 Å². The second-order valence-electron chi connectivity index (χ2n) is 3.25. The molecule has 0 aliphatic heterocycles. The highest BCUT2D eigenvalue weighted by Gasteiger charge is 2.15. The van der Waals surface area contributed by atoms with Crippen molar-refractivity contribution in [2.45, 2.75) is 6.92 Å². The number of hydrogen-bond donors (Lipinski definition) is 0. The van der Waals surface area contributed by atoms with Crippen LogP contribution < -0.4 is 0 Å². The van der Waals surface area contributed by atoms with Gasteiger partial charge in [-0.3, -0.25) is 4.79 Å². The quantitative estimate of drug-likeness (QED) is 0.650. The van der Waals surface area contributed by atoms with E-state index < -0.39 is 5.24 Å². The van der Waals surface area contributed by atoms with Gasteiger partial charge in [0.25, 0.3) is 5.24 Å². The molecule has 2 heteroatoms. The van der Waals surface area contributed by atoms with Crippen LogP contribution in [-0.2, 0) is 0 Å². The zero-order valence-electron chi connectivity index (χ0n) is 7.75. The van der Waals surface area contributed by atoms with Gasteiger partial charge in [-0.2, -0.15) is 0 Å². The van der Waals surface area contributed by atoms with Crippen LogP contribution in [0, 0.1) is 6.92 Å². The summed E-state index contributed by atoms with van der Waals surface area (Å²) in [7, 11) is 0. The van der Waals surface area contributed by atoms with E-state index in [-0.39, 0.29) is 0 Å². The molecule has 0 atom stereocenters. The number of halogens is 1. The molecule has 0 aromatic rings. The molecule has 2 aliphatic rings. The van der Waals surface area contributed by atoms with Crippen molar-refractivity contribution >= 4 is 16.8 Å². The molecule has 0 fully saturated rings. The summed E-state index contributed by atoms with van der Waals surface area (Å²) in [5.74, 6) is 0. The summed E-state index contributed by atoms with van der Waals surface area (Å²) in [6.45, 7) is 1.98. The zero-order chi connectivity index (χ0) is 10.1. The topological polar surface area (TPSA) is 17.1 Å². The fourth-order valence-corrected chi connectivity index (χ4v) is 1.82. The van der Waals surface area contributed by atoms with Crippen molar-refractivity contribution in [2.24, 2.45) is 0 Å². The molecule has 2 aliphatic carbocycles. The monoisotopic (exact) mass is 204 g/mol. The number of carbonyl (C=O) groups excluding carboxylic acids is 1.